The van der Waals surface area contributed by atoms with Crippen LogP contribution in [0.3, 0.4) is 0 Å². The summed E-state index contributed by atoms with van der Waals surface area (Å²) in [5.41, 5.74) is 0. The van der Waals surface area contributed by atoms with Crippen molar-refractivity contribution in [3.05, 3.63) is 0 Å². The molecule has 44 valence electrons. The lowest BCUT2D eigenvalue weighted by atomic mass is 10.7. The van der Waals surface area contributed by atoms with Crippen LogP contribution in [0.1, 0.15) is 6.92 Å². The maximum absolute atomic E-state index is 5.53. The Bertz CT molecular complexity index is 48.1. The Morgan fingerprint density at radius 3 is 2.29 bits per heavy atom. The van der Waals surface area contributed by atoms with Gasteiger partial charge in [0.15, 0.2) is 0 Å². The smallest absolute Gasteiger partial charge is 0.112 e. The molecule has 3 nitrogen and oxygen atoms in total. The number of hydrogen-bond donors (Lipinski definition) is 2. The Balaban J connectivity index is 3.36. The summed E-state index contributed by atoms with van der Waals surface area (Å²) in [7, 11) is 1.90. The lowest BCUT2D eigenvalue weighted by Crippen LogP contribution is -2.56. The van der Waals surface area contributed by atoms with Crippen LogP contribution >= 0.6 is 22.9 Å². The molecule has 0 spiro atoms. The van der Waals surface area contributed by atoms with Gasteiger partial charge in [0.05, 0.1) is 22.9 Å². The Morgan fingerprint density at radius 2 is 2.29 bits per heavy atom. The van der Waals surface area contributed by atoms with Crippen LogP contribution in [-0.4, -0.2) is 18.3 Å². The van der Waals surface area contributed by atoms with Crippen molar-refractivity contribution in [2.75, 3.05) is 13.6 Å². The van der Waals surface area contributed by atoms with Crippen LogP contribution in [0.25, 0.3) is 0 Å². The Kier molecular flexibility index (Phi) is 3.05. The summed E-state index contributed by atoms with van der Waals surface area (Å²) in [6.07, 6.45) is 0. The third-order valence-electron chi connectivity index (χ3n) is 0.850. The largest absolute Gasteiger partial charge is 0.168 e. The molecule has 4 heteroatoms. The van der Waals surface area contributed by atoms with Crippen LogP contribution in [0.5, 0.6) is 0 Å². The topological polar surface area (TPSA) is 38.0 Å². The number of nitrogens with zero attached hydrogens (tertiary/aromatic N) is 1. The highest BCUT2D eigenvalue weighted by atomic mass is 127. The van der Waals surface area contributed by atoms with E-state index < -0.39 is 0 Å². The van der Waals surface area contributed by atoms with Crippen LogP contribution in [-0.2, 0) is 0 Å². The molecule has 0 aromatic heterocycles. The summed E-state index contributed by atoms with van der Waals surface area (Å²) in [5, 5.41) is 0. The fourth-order valence-electron chi connectivity index (χ4n) is 0.0598. The second-order valence-corrected chi connectivity index (χ2v) is 2.15. The molecule has 0 aromatic carbocycles. The SMILES string of the molecule is CC[N+](C)(N)NI. The van der Waals surface area contributed by atoms with Gasteiger partial charge in [-0.15, -0.1) is 0 Å². The predicted octanol–water partition coefficient (Wildman–Crippen LogP) is 0.181. The first-order valence-electron chi connectivity index (χ1n) is 2.14. The van der Waals surface area contributed by atoms with Crippen LogP contribution in [0.4, 0.5) is 0 Å². The molecule has 0 aliphatic carbocycles. The Hall–Kier alpha value is 0.610. The van der Waals surface area contributed by atoms with Gasteiger partial charge in [0.25, 0.3) is 0 Å². The molecule has 0 aromatic rings. The molecule has 0 bridgehead atoms. The van der Waals surface area contributed by atoms with Gasteiger partial charge in [-0.05, 0) is 6.92 Å². The molecule has 0 heterocycles. The maximum Gasteiger partial charge on any atom is 0.112 e. The first-order chi connectivity index (χ1) is 3.12. The molecule has 7 heavy (non-hydrogen) atoms. The van der Waals surface area contributed by atoms with Gasteiger partial charge in [-0.3, -0.25) is 0 Å². The highest BCUT2D eigenvalue weighted by Gasteiger charge is 2.07. The minimum absolute atomic E-state index is 0.376. The molecule has 0 saturated heterocycles. The summed E-state index contributed by atoms with van der Waals surface area (Å²) in [5.74, 6) is 5.53. The van der Waals surface area contributed by atoms with Gasteiger partial charge in [-0.1, -0.05) is 3.64 Å². The summed E-state index contributed by atoms with van der Waals surface area (Å²) >= 11 is 2.03. The molecule has 0 rings (SSSR count). The molecule has 0 saturated carbocycles. The zero-order valence-corrected chi connectivity index (χ0v) is 6.77. The van der Waals surface area contributed by atoms with Gasteiger partial charge in [-0.2, -0.15) is 10.5 Å². The van der Waals surface area contributed by atoms with Crippen molar-refractivity contribution in [3.8, 4) is 0 Å². The maximum atomic E-state index is 5.53. The minimum atomic E-state index is 0.376. The fourth-order valence-corrected chi connectivity index (χ4v) is 0.401. The van der Waals surface area contributed by atoms with Gasteiger partial charge in [0.2, 0.25) is 0 Å². The highest BCUT2D eigenvalue weighted by Crippen LogP contribution is 1.85. The third kappa shape index (κ3) is 3.22. The zero-order chi connectivity index (χ0) is 5.91. The molecule has 1 atom stereocenters. The monoisotopic (exact) mass is 216 g/mol. The van der Waals surface area contributed by atoms with E-state index in [2.05, 4.69) is 3.64 Å². The molecule has 0 aliphatic rings. The number of halogens is 1. The number of hydrogen-bond acceptors (Lipinski definition) is 2. The first-order valence-corrected chi connectivity index (χ1v) is 3.22. The molecule has 1 unspecified atom stereocenters. The van der Waals surface area contributed by atoms with Crippen molar-refractivity contribution in [1.82, 2.24) is 3.64 Å². The van der Waals surface area contributed by atoms with Gasteiger partial charge < -0.3 is 0 Å². The number of nitrogens with two attached hydrogens (primary N) is 1. The van der Waals surface area contributed by atoms with Gasteiger partial charge in [-0.25, -0.2) is 0 Å². The second-order valence-electron chi connectivity index (χ2n) is 1.67. The van der Waals surface area contributed by atoms with Gasteiger partial charge in [0, 0.05) is 0 Å². The van der Waals surface area contributed by atoms with Crippen molar-refractivity contribution in [2.45, 2.75) is 6.92 Å². The molecule has 3 N–H and O–H groups in total. The molecule has 0 aliphatic heterocycles. The number of nitrogens with one attached hydrogen (secondary N) is 1. The molecule has 0 fully saturated rings. The van der Waals surface area contributed by atoms with Crippen molar-refractivity contribution >= 4 is 22.9 Å². The van der Waals surface area contributed by atoms with E-state index in [1.807, 2.05) is 36.8 Å². The zero-order valence-electron chi connectivity index (χ0n) is 4.61. The first kappa shape index (κ1) is 7.61. The summed E-state index contributed by atoms with van der Waals surface area (Å²) in [6.45, 7) is 2.91. The minimum Gasteiger partial charge on any atom is -0.168 e. The number of quaternary nitrogens is 1. The van der Waals surface area contributed by atoms with Crippen molar-refractivity contribution in [1.29, 1.82) is 0 Å². The van der Waals surface area contributed by atoms with Crippen LogP contribution in [0.15, 0.2) is 0 Å². The van der Waals surface area contributed by atoms with Crippen molar-refractivity contribution in [2.24, 2.45) is 5.84 Å². The van der Waals surface area contributed by atoms with E-state index in [0.717, 1.165) is 6.54 Å². The third-order valence-corrected chi connectivity index (χ3v) is 1.95. The van der Waals surface area contributed by atoms with Gasteiger partial charge >= 0.3 is 0 Å². The van der Waals surface area contributed by atoms with Crippen LogP contribution in [0.2, 0.25) is 0 Å². The number of rotatable bonds is 2. The Morgan fingerprint density at radius 1 is 1.86 bits per heavy atom. The Labute approximate surface area is 57.9 Å². The standard InChI is InChI=1S/C3H11IN3/c1-3-7(2,5)6-4/h6H,3,5H2,1-2H3/q+1. The fraction of sp³-hybridized carbons (Fsp3) is 1.00. The lowest BCUT2D eigenvalue weighted by Gasteiger charge is -2.21. The average molecular weight is 216 g/mol. The summed E-state index contributed by atoms with van der Waals surface area (Å²) < 4.78 is 3.25. The quantitative estimate of drug-likeness (QED) is 0.227. The van der Waals surface area contributed by atoms with E-state index >= 15 is 0 Å². The molecular weight excluding hydrogens is 205 g/mol. The molecule has 0 amide bonds. The van der Waals surface area contributed by atoms with E-state index in [1.54, 1.807) is 0 Å². The molecular formula is C3H11IN3+. The van der Waals surface area contributed by atoms with E-state index in [0.29, 0.717) is 4.70 Å². The normalized spacial score (nSPS) is 18.9. The summed E-state index contributed by atoms with van der Waals surface area (Å²) in [4.78, 5) is 0. The van der Waals surface area contributed by atoms with E-state index in [-0.39, 0.29) is 0 Å². The summed E-state index contributed by atoms with van der Waals surface area (Å²) in [6, 6.07) is 0. The van der Waals surface area contributed by atoms with E-state index in [9.17, 15) is 0 Å². The van der Waals surface area contributed by atoms with Gasteiger partial charge in [0.1, 0.15) is 13.6 Å². The predicted molar refractivity (Wildman–Crippen MR) is 38.1 cm³/mol. The highest BCUT2D eigenvalue weighted by molar-refractivity contribution is 14.1. The second kappa shape index (κ2) is 2.81. The van der Waals surface area contributed by atoms with Crippen molar-refractivity contribution < 1.29 is 4.70 Å². The lowest BCUT2D eigenvalue weighted by molar-refractivity contribution is -0.943. The van der Waals surface area contributed by atoms with Crippen LogP contribution in [0, 0.1) is 0 Å². The van der Waals surface area contributed by atoms with E-state index in [4.69, 9.17) is 5.84 Å². The van der Waals surface area contributed by atoms with Crippen molar-refractivity contribution in [3.63, 3.8) is 0 Å². The van der Waals surface area contributed by atoms with Crippen LogP contribution < -0.4 is 9.48 Å². The average Bonchev–Trinajstić information content (AvgIpc) is 1.68. The molecule has 0 radical (unpaired) electrons. The van der Waals surface area contributed by atoms with E-state index in [1.165, 1.54) is 0 Å².